The van der Waals surface area contributed by atoms with Gasteiger partial charge < -0.3 is 14.8 Å². The average molecular weight is 487 g/mol. The van der Waals surface area contributed by atoms with Gasteiger partial charge >= 0.3 is 6.03 Å². The molecule has 1 aliphatic heterocycles. The van der Waals surface area contributed by atoms with Gasteiger partial charge in [-0.1, -0.05) is 0 Å². The third-order valence-electron chi connectivity index (χ3n) is 5.88. The van der Waals surface area contributed by atoms with E-state index < -0.39 is 15.9 Å². The Balaban J connectivity index is 1.55. The fourth-order valence-electron chi connectivity index (χ4n) is 4.34. The van der Waals surface area contributed by atoms with Crippen molar-refractivity contribution in [2.75, 3.05) is 19.0 Å². The van der Waals surface area contributed by atoms with Crippen LogP contribution in [0.1, 0.15) is 24.0 Å². The van der Waals surface area contributed by atoms with Crippen molar-refractivity contribution in [3.8, 4) is 22.9 Å². The lowest BCUT2D eigenvalue weighted by Gasteiger charge is -2.17. The molecule has 5 rings (SSSR count). The number of urea groups is 1. The first kappa shape index (κ1) is 22.3. The minimum absolute atomic E-state index is 0.0609. The molecule has 2 aromatic heterocycles. The number of aromatic nitrogens is 3. The summed E-state index contributed by atoms with van der Waals surface area (Å²) < 4.78 is 44.1. The van der Waals surface area contributed by atoms with Gasteiger partial charge in [-0.15, -0.1) is 4.36 Å². The zero-order valence-corrected chi connectivity index (χ0v) is 19.2. The van der Waals surface area contributed by atoms with Crippen molar-refractivity contribution in [1.82, 2.24) is 14.8 Å². The highest BCUT2D eigenvalue weighted by atomic mass is 32.2. The molecular weight excluding hydrogens is 463 g/mol. The molecule has 0 bridgehead atoms. The van der Waals surface area contributed by atoms with Gasteiger partial charge in [0.1, 0.15) is 10.7 Å². The highest BCUT2D eigenvalue weighted by Gasteiger charge is 2.27. The number of aryl methyl sites for hydroxylation is 1. The molecule has 3 aromatic rings. The minimum atomic E-state index is -3.64. The number of ether oxygens (including phenoxy) is 2. The molecule has 3 N–H and O–H groups in total. The van der Waals surface area contributed by atoms with Gasteiger partial charge in [-0.3, -0.25) is 0 Å². The molecule has 0 saturated heterocycles. The normalized spacial score (nSPS) is 16.1. The SMILES string of the molecule is COc1cc(-c2cc(F)c3c(c2NC(=O)N=[S@](N)(=O)c2cnn4c2OCCC4)CCC3)ccn1. The Labute approximate surface area is 195 Å². The summed E-state index contributed by atoms with van der Waals surface area (Å²) in [6.07, 6.45) is 5.50. The maximum Gasteiger partial charge on any atom is 0.354 e. The largest absolute Gasteiger partial charge is 0.481 e. The highest BCUT2D eigenvalue weighted by molar-refractivity contribution is 7.91. The second kappa shape index (κ2) is 8.69. The molecule has 12 heteroatoms. The van der Waals surface area contributed by atoms with Gasteiger partial charge in [0.05, 0.1) is 25.6 Å². The van der Waals surface area contributed by atoms with Crippen LogP contribution in [0, 0.1) is 5.82 Å². The van der Waals surface area contributed by atoms with Crippen LogP contribution >= 0.6 is 0 Å². The summed E-state index contributed by atoms with van der Waals surface area (Å²) in [5.41, 5.74) is 2.68. The number of benzene rings is 1. The molecule has 2 amide bonds. The van der Waals surface area contributed by atoms with Crippen LogP contribution in [0.3, 0.4) is 0 Å². The molecular formula is C22H23FN6O4S. The van der Waals surface area contributed by atoms with Gasteiger partial charge in [0.15, 0.2) is 9.92 Å². The number of carbonyl (C=O) groups is 1. The molecule has 10 nitrogen and oxygen atoms in total. The Morgan fingerprint density at radius 1 is 1.32 bits per heavy atom. The van der Waals surface area contributed by atoms with Crippen LogP contribution < -0.4 is 19.9 Å². The fourth-order valence-corrected chi connectivity index (χ4v) is 5.34. The van der Waals surface area contributed by atoms with Crippen LogP contribution in [0.25, 0.3) is 11.1 Å². The van der Waals surface area contributed by atoms with Gasteiger partial charge in [0, 0.05) is 30.8 Å². The van der Waals surface area contributed by atoms with Crippen molar-refractivity contribution in [1.29, 1.82) is 0 Å². The third-order valence-corrected chi connectivity index (χ3v) is 7.23. The predicted molar refractivity (Wildman–Crippen MR) is 123 cm³/mol. The number of hydrogen-bond acceptors (Lipinski definition) is 6. The molecule has 1 aromatic carbocycles. The Hall–Kier alpha value is -3.51. The van der Waals surface area contributed by atoms with Crippen LogP contribution in [0.15, 0.2) is 39.9 Å². The number of methoxy groups -OCH3 is 1. The van der Waals surface area contributed by atoms with E-state index in [0.717, 1.165) is 12.8 Å². The first-order valence-corrected chi connectivity index (χ1v) is 12.3. The quantitative estimate of drug-likeness (QED) is 0.581. The Morgan fingerprint density at radius 2 is 2.15 bits per heavy atom. The molecule has 178 valence electrons. The van der Waals surface area contributed by atoms with Crippen molar-refractivity contribution in [2.45, 2.75) is 37.1 Å². The molecule has 0 spiro atoms. The standard InChI is InChI=1S/C22H23FN6O4S/c1-32-19-10-13(6-7-25-19)16-11-17(23)14-4-2-5-15(14)20(16)27-22(30)28-34(24,31)18-12-26-29-8-3-9-33-21(18)29/h6-7,10-12H,2-5,8-9H2,1H3,(H3,24,27,28,30,31)/t34-/m0/s1. The van der Waals surface area contributed by atoms with Crippen LogP contribution in [0.2, 0.25) is 0 Å². The number of nitrogens with one attached hydrogen (secondary N) is 1. The lowest BCUT2D eigenvalue weighted by molar-refractivity contribution is 0.224. The minimum Gasteiger partial charge on any atom is -0.481 e. The summed E-state index contributed by atoms with van der Waals surface area (Å²) in [6.45, 7) is 1.03. The Morgan fingerprint density at radius 3 is 2.97 bits per heavy atom. The lowest BCUT2D eigenvalue weighted by Crippen LogP contribution is -2.21. The second-order valence-corrected chi connectivity index (χ2v) is 9.77. The first-order chi connectivity index (χ1) is 16.4. The number of amides is 2. The fraction of sp³-hybridized carbons (Fsp3) is 0.318. The lowest BCUT2D eigenvalue weighted by atomic mass is 9.97. The van der Waals surface area contributed by atoms with Gasteiger partial charge in [-0.25, -0.2) is 28.2 Å². The van der Waals surface area contributed by atoms with Crippen LogP contribution in [0.4, 0.5) is 14.9 Å². The number of halogens is 1. The van der Waals surface area contributed by atoms with Crippen molar-refractivity contribution in [3.63, 3.8) is 0 Å². The van der Waals surface area contributed by atoms with E-state index in [9.17, 15) is 13.4 Å². The van der Waals surface area contributed by atoms with Gasteiger partial charge in [-0.05, 0) is 48.1 Å². The van der Waals surface area contributed by atoms with E-state index in [1.165, 1.54) is 25.6 Å². The van der Waals surface area contributed by atoms with Crippen LogP contribution in [-0.4, -0.2) is 38.7 Å². The monoisotopic (exact) mass is 486 g/mol. The van der Waals surface area contributed by atoms with E-state index in [0.29, 0.717) is 59.8 Å². The molecule has 1 atom stereocenters. The number of hydrogen-bond donors (Lipinski definition) is 2. The van der Waals surface area contributed by atoms with Gasteiger partial charge in [0.25, 0.3) is 0 Å². The number of rotatable bonds is 4. The molecule has 0 unspecified atom stereocenters. The van der Waals surface area contributed by atoms with Crippen LogP contribution in [0.5, 0.6) is 11.8 Å². The number of anilines is 1. The predicted octanol–water partition coefficient (Wildman–Crippen LogP) is 3.30. The molecule has 0 fully saturated rings. The smallest absolute Gasteiger partial charge is 0.354 e. The highest BCUT2D eigenvalue weighted by Crippen LogP contribution is 2.40. The number of pyridine rings is 1. The molecule has 0 saturated carbocycles. The van der Waals surface area contributed by atoms with Crippen molar-refractivity contribution in [3.05, 3.63) is 47.5 Å². The maximum atomic E-state index is 14.9. The summed E-state index contributed by atoms with van der Waals surface area (Å²) >= 11 is 0. The van der Waals surface area contributed by atoms with Crippen molar-refractivity contribution in [2.24, 2.45) is 9.50 Å². The summed E-state index contributed by atoms with van der Waals surface area (Å²) in [5, 5.41) is 12.8. The van der Waals surface area contributed by atoms with Crippen LogP contribution in [-0.2, 0) is 29.3 Å². The number of carbonyl (C=O) groups excluding carboxylic acids is 1. The molecule has 34 heavy (non-hydrogen) atoms. The number of nitrogens with two attached hydrogens (primary N) is 1. The van der Waals surface area contributed by atoms with E-state index in [1.54, 1.807) is 16.8 Å². The van der Waals surface area contributed by atoms with Gasteiger partial charge in [-0.2, -0.15) is 5.10 Å². The molecule has 2 aliphatic rings. The van der Waals surface area contributed by atoms with Gasteiger partial charge in [0.2, 0.25) is 11.8 Å². The van der Waals surface area contributed by atoms with E-state index in [1.807, 2.05) is 0 Å². The van der Waals surface area contributed by atoms with E-state index in [2.05, 4.69) is 19.8 Å². The maximum absolute atomic E-state index is 14.9. The van der Waals surface area contributed by atoms with E-state index >= 15 is 0 Å². The Kier molecular flexibility index (Phi) is 5.70. The topological polar surface area (TPSA) is 134 Å². The zero-order chi connectivity index (χ0) is 23.9. The van der Waals surface area contributed by atoms with Crippen molar-refractivity contribution >= 4 is 21.6 Å². The molecule has 0 radical (unpaired) electrons. The first-order valence-electron chi connectivity index (χ1n) is 10.8. The summed E-state index contributed by atoms with van der Waals surface area (Å²) in [6, 6.07) is 3.79. The number of nitrogens with zero attached hydrogens (tertiary/aromatic N) is 4. The van der Waals surface area contributed by atoms with Crippen molar-refractivity contribution < 1.29 is 22.9 Å². The summed E-state index contributed by atoms with van der Waals surface area (Å²) in [4.78, 5) is 17.1. The summed E-state index contributed by atoms with van der Waals surface area (Å²) in [5.74, 6) is 0.248. The van der Waals surface area contributed by atoms with E-state index in [-0.39, 0.29) is 16.6 Å². The second-order valence-electron chi connectivity index (χ2n) is 8.01. The van der Waals surface area contributed by atoms with E-state index in [4.69, 9.17) is 14.6 Å². The zero-order valence-electron chi connectivity index (χ0n) is 18.4. The number of fused-ring (bicyclic) bond motifs is 2. The summed E-state index contributed by atoms with van der Waals surface area (Å²) in [7, 11) is -2.16. The third kappa shape index (κ3) is 3.99. The Bertz CT molecular complexity index is 1410. The average Bonchev–Trinajstić information content (AvgIpc) is 3.49. The molecule has 1 aliphatic carbocycles. The molecule has 3 heterocycles.